The average molecular weight is 192 g/mol. The van der Waals surface area contributed by atoms with Crippen LogP contribution in [0, 0.1) is 0 Å². The number of furan rings is 1. The van der Waals surface area contributed by atoms with E-state index in [1.807, 2.05) is 0 Å². The van der Waals surface area contributed by atoms with E-state index in [1.54, 1.807) is 6.07 Å². The molecule has 0 atom stereocenters. The third-order valence-corrected chi connectivity index (χ3v) is 1.35. The van der Waals surface area contributed by atoms with Gasteiger partial charge in [-0.2, -0.15) is 0 Å². The SMILES string of the molecule is Cl.Nc1ccoc1CCC(=O)O. The first kappa shape index (κ1) is 10.8. The first-order valence-electron chi connectivity index (χ1n) is 3.24. The van der Waals surface area contributed by atoms with Gasteiger partial charge in [0.05, 0.1) is 18.4 Å². The third kappa shape index (κ3) is 2.84. The fraction of sp³-hybridized carbons (Fsp3) is 0.286. The quantitative estimate of drug-likeness (QED) is 0.755. The molecular formula is C7H10ClNO3. The summed E-state index contributed by atoms with van der Waals surface area (Å²) in [7, 11) is 0. The Kier molecular flexibility index (Phi) is 4.21. The molecule has 1 aromatic heterocycles. The molecule has 1 heterocycles. The van der Waals surface area contributed by atoms with E-state index < -0.39 is 5.97 Å². The summed E-state index contributed by atoms with van der Waals surface area (Å²) in [5, 5.41) is 8.32. The predicted molar refractivity (Wildman–Crippen MR) is 46.3 cm³/mol. The van der Waals surface area contributed by atoms with Crippen LogP contribution < -0.4 is 5.73 Å². The number of hydrogen-bond acceptors (Lipinski definition) is 3. The lowest BCUT2D eigenvalue weighted by Crippen LogP contribution is -1.98. The molecule has 0 aliphatic carbocycles. The number of carboxylic acid groups (broad SMARTS) is 1. The van der Waals surface area contributed by atoms with Crippen LogP contribution in [0.25, 0.3) is 0 Å². The first-order valence-corrected chi connectivity index (χ1v) is 3.24. The van der Waals surface area contributed by atoms with E-state index >= 15 is 0 Å². The van der Waals surface area contributed by atoms with E-state index in [1.165, 1.54) is 6.26 Å². The molecular weight excluding hydrogens is 182 g/mol. The second-order valence-corrected chi connectivity index (χ2v) is 2.19. The van der Waals surface area contributed by atoms with Gasteiger partial charge in [-0.3, -0.25) is 4.79 Å². The third-order valence-electron chi connectivity index (χ3n) is 1.35. The second-order valence-electron chi connectivity index (χ2n) is 2.19. The van der Waals surface area contributed by atoms with E-state index in [0.717, 1.165) is 0 Å². The molecule has 0 saturated carbocycles. The fourth-order valence-electron chi connectivity index (χ4n) is 0.774. The molecule has 0 unspecified atom stereocenters. The summed E-state index contributed by atoms with van der Waals surface area (Å²) in [6.07, 6.45) is 1.86. The molecule has 3 N–H and O–H groups in total. The lowest BCUT2D eigenvalue weighted by Gasteiger charge is -1.93. The number of hydrogen-bond donors (Lipinski definition) is 2. The summed E-state index contributed by atoms with van der Waals surface area (Å²) in [5.41, 5.74) is 5.96. The Balaban J connectivity index is 0.00000121. The van der Waals surface area contributed by atoms with Gasteiger partial charge in [-0.05, 0) is 6.07 Å². The molecule has 0 saturated heterocycles. The molecule has 0 aliphatic rings. The minimum absolute atomic E-state index is 0. The highest BCUT2D eigenvalue weighted by molar-refractivity contribution is 5.85. The zero-order valence-electron chi connectivity index (χ0n) is 6.32. The van der Waals surface area contributed by atoms with Gasteiger partial charge in [-0.25, -0.2) is 0 Å². The highest BCUT2D eigenvalue weighted by atomic mass is 35.5. The van der Waals surface area contributed by atoms with Gasteiger partial charge in [0, 0.05) is 6.42 Å². The van der Waals surface area contributed by atoms with Gasteiger partial charge in [-0.1, -0.05) is 0 Å². The maximum Gasteiger partial charge on any atom is 0.303 e. The van der Waals surface area contributed by atoms with E-state index in [4.69, 9.17) is 15.3 Å². The van der Waals surface area contributed by atoms with Crippen molar-refractivity contribution < 1.29 is 14.3 Å². The zero-order valence-corrected chi connectivity index (χ0v) is 7.13. The maximum atomic E-state index is 10.1. The van der Waals surface area contributed by atoms with Crippen molar-refractivity contribution >= 4 is 24.1 Å². The molecule has 0 aliphatic heterocycles. The summed E-state index contributed by atoms with van der Waals surface area (Å²) in [5.74, 6) is -0.298. The average Bonchev–Trinajstić information content (AvgIpc) is 2.31. The number of nitrogen functional groups attached to an aromatic ring is 1. The van der Waals surface area contributed by atoms with Crippen LogP contribution in [-0.2, 0) is 11.2 Å². The van der Waals surface area contributed by atoms with Crippen LogP contribution in [0.15, 0.2) is 16.7 Å². The molecule has 0 fully saturated rings. The summed E-state index contributed by atoms with van der Waals surface area (Å²) in [4.78, 5) is 10.1. The van der Waals surface area contributed by atoms with Gasteiger partial charge >= 0.3 is 5.97 Å². The molecule has 5 heteroatoms. The first-order chi connectivity index (χ1) is 5.20. The van der Waals surface area contributed by atoms with Crippen molar-refractivity contribution in [1.82, 2.24) is 0 Å². The van der Waals surface area contributed by atoms with Gasteiger partial charge < -0.3 is 15.3 Å². The van der Waals surface area contributed by atoms with Gasteiger partial charge in [0.1, 0.15) is 5.76 Å². The fourth-order valence-corrected chi connectivity index (χ4v) is 0.774. The van der Waals surface area contributed by atoms with Crippen LogP contribution >= 0.6 is 12.4 Å². The van der Waals surface area contributed by atoms with Crippen molar-refractivity contribution in [3.8, 4) is 0 Å². The number of carboxylic acids is 1. The smallest absolute Gasteiger partial charge is 0.303 e. The summed E-state index contributed by atoms with van der Waals surface area (Å²) >= 11 is 0. The zero-order chi connectivity index (χ0) is 8.27. The van der Waals surface area contributed by atoms with Crippen LogP contribution in [0.1, 0.15) is 12.2 Å². The number of rotatable bonds is 3. The predicted octanol–water partition coefficient (Wildman–Crippen LogP) is 1.30. The van der Waals surface area contributed by atoms with Crippen molar-refractivity contribution in [2.24, 2.45) is 0 Å². The van der Waals surface area contributed by atoms with Crippen molar-refractivity contribution in [3.05, 3.63) is 18.1 Å². The normalized spacial score (nSPS) is 9.00. The van der Waals surface area contributed by atoms with Gasteiger partial charge in [0.2, 0.25) is 0 Å². The molecule has 0 amide bonds. The minimum atomic E-state index is -0.846. The molecule has 0 aromatic carbocycles. The number of aryl methyl sites for hydroxylation is 1. The standard InChI is InChI=1S/C7H9NO3.ClH/c8-5-3-4-11-6(5)1-2-7(9)10;/h3-4H,1-2,8H2,(H,9,10);1H. The lowest BCUT2D eigenvalue weighted by atomic mass is 10.2. The number of carbonyl (C=O) groups is 1. The molecule has 12 heavy (non-hydrogen) atoms. The van der Waals surface area contributed by atoms with Crippen LogP contribution in [0.2, 0.25) is 0 Å². The van der Waals surface area contributed by atoms with Crippen molar-refractivity contribution in [2.45, 2.75) is 12.8 Å². The lowest BCUT2D eigenvalue weighted by molar-refractivity contribution is -0.137. The van der Waals surface area contributed by atoms with Crippen LogP contribution in [0.4, 0.5) is 5.69 Å². The van der Waals surface area contributed by atoms with Gasteiger partial charge in [0.15, 0.2) is 0 Å². The minimum Gasteiger partial charge on any atom is -0.481 e. The summed E-state index contributed by atoms with van der Waals surface area (Å²) in [6.45, 7) is 0. The molecule has 0 bridgehead atoms. The van der Waals surface area contributed by atoms with Gasteiger partial charge in [0.25, 0.3) is 0 Å². The van der Waals surface area contributed by atoms with Crippen LogP contribution in [0.5, 0.6) is 0 Å². The van der Waals surface area contributed by atoms with Crippen molar-refractivity contribution in [2.75, 3.05) is 5.73 Å². The Bertz CT molecular complexity index is 259. The largest absolute Gasteiger partial charge is 0.481 e. The second kappa shape index (κ2) is 4.66. The van der Waals surface area contributed by atoms with Gasteiger partial charge in [-0.15, -0.1) is 12.4 Å². The molecule has 0 radical (unpaired) electrons. The summed E-state index contributed by atoms with van der Waals surface area (Å²) in [6, 6.07) is 1.61. The Labute approximate surface area is 75.8 Å². The number of aliphatic carboxylic acids is 1. The number of halogens is 1. The highest BCUT2D eigenvalue weighted by Crippen LogP contribution is 2.13. The highest BCUT2D eigenvalue weighted by Gasteiger charge is 2.04. The molecule has 1 rings (SSSR count). The van der Waals surface area contributed by atoms with E-state index in [-0.39, 0.29) is 18.8 Å². The Morgan fingerprint density at radius 3 is 2.75 bits per heavy atom. The Morgan fingerprint density at radius 2 is 2.33 bits per heavy atom. The van der Waals surface area contributed by atoms with Crippen LogP contribution in [-0.4, -0.2) is 11.1 Å². The van der Waals surface area contributed by atoms with E-state index in [0.29, 0.717) is 17.9 Å². The number of nitrogens with two attached hydrogens (primary N) is 1. The molecule has 0 spiro atoms. The maximum absolute atomic E-state index is 10.1. The van der Waals surface area contributed by atoms with Crippen molar-refractivity contribution in [3.63, 3.8) is 0 Å². The van der Waals surface area contributed by atoms with Crippen LogP contribution in [0.3, 0.4) is 0 Å². The topological polar surface area (TPSA) is 76.5 Å². The van der Waals surface area contributed by atoms with Crippen molar-refractivity contribution in [1.29, 1.82) is 0 Å². The van der Waals surface area contributed by atoms with E-state index in [9.17, 15) is 4.79 Å². The number of anilines is 1. The summed E-state index contributed by atoms with van der Waals surface area (Å²) < 4.78 is 4.93. The molecule has 68 valence electrons. The molecule has 1 aromatic rings. The Morgan fingerprint density at radius 1 is 1.67 bits per heavy atom. The molecule has 4 nitrogen and oxygen atoms in total. The van der Waals surface area contributed by atoms with E-state index in [2.05, 4.69) is 0 Å². The Hall–Kier alpha value is -1.16. The monoisotopic (exact) mass is 191 g/mol.